The van der Waals surface area contributed by atoms with Crippen molar-refractivity contribution in [2.45, 2.75) is 57.8 Å². The zero-order valence-corrected chi connectivity index (χ0v) is 17.5. The molecular formula is C21H32N4O4. The maximum atomic E-state index is 13.0. The lowest BCUT2D eigenvalue weighted by Gasteiger charge is -2.46. The van der Waals surface area contributed by atoms with Gasteiger partial charge in [0.2, 0.25) is 5.91 Å². The van der Waals surface area contributed by atoms with Crippen LogP contribution in [-0.2, 0) is 31.2 Å². The molecule has 2 fully saturated rings. The first-order chi connectivity index (χ1) is 14.1. The normalized spacial score (nSPS) is 24.3. The van der Waals surface area contributed by atoms with Crippen molar-refractivity contribution in [2.24, 2.45) is 5.92 Å². The number of carbonyl (C=O) groups excluding carboxylic acids is 2. The number of aromatic nitrogens is 2. The van der Waals surface area contributed by atoms with Gasteiger partial charge in [0.15, 0.2) is 6.10 Å². The fourth-order valence-electron chi connectivity index (χ4n) is 4.90. The summed E-state index contributed by atoms with van der Waals surface area (Å²) in [5.74, 6) is 1.23. The molecule has 1 spiro atoms. The first kappa shape index (κ1) is 20.3. The van der Waals surface area contributed by atoms with Crippen molar-refractivity contribution in [3.05, 3.63) is 18.2 Å². The predicted molar refractivity (Wildman–Crippen MR) is 106 cm³/mol. The van der Waals surface area contributed by atoms with Gasteiger partial charge in [-0.05, 0) is 26.7 Å². The molecule has 2 amide bonds. The Hall–Kier alpha value is -1.93. The largest absolute Gasteiger partial charge is 0.381 e. The van der Waals surface area contributed by atoms with Gasteiger partial charge in [0.25, 0.3) is 5.91 Å². The lowest BCUT2D eigenvalue weighted by molar-refractivity contribution is -0.183. The van der Waals surface area contributed by atoms with E-state index in [1.54, 1.807) is 6.20 Å². The molecule has 8 nitrogen and oxygen atoms in total. The topological polar surface area (TPSA) is 76.9 Å². The van der Waals surface area contributed by atoms with Gasteiger partial charge in [-0.15, -0.1) is 0 Å². The van der Waals surface area contributed by atoms with Crippen molar-refractivity contribution < 1.29 is 19.1 Å². The number of likely N-dealkylation sites (tertiary alicyclic amines) is 1. The molecule has 3 aliphatic rings. The Bertz CT molecular complexity index is 731. The van der Waals surface area contributed by atoms with Crippen LogP contribution >= 0.6 is 0 Å². The maximum absolute atomic E-state index is 13.0. The van der Waals surface area contributed by atoms with Gasteiger partial charge in [-0.2, -0.15) is 0 Å². The zero-order valence-electron chi connectivity index (χ0n) is 17.5. The van der Waals surface area contributed by atoms with E-state index in [4.69, 9.17) is 9.47 Å². The highest BCUT2D eigenvalue weighted by Crippen LogP contribution is 2.40. The minimum absolute atomic E-state index is 0.0365. The van der Waals surface area contributed by atoms with Gasteiger partial charge in [0.1, 0.15) is 11.4 Å². The van der Waals surface area contributed by atoms with E-state index in [0.29, 0.717) is 58.8 Å². The van der Waals surface area contributed by atoms with Gasteiger partial charge in [-0.3, -0.25) is 9.59 Å². The molecule has 0 aliphatic carbocycles. The van der Waals surface area contributed by atoms with Crippen LogP contribution in [0, 0.1) is 5.92 Å². The van der Waals surface area contributed by atoms with E-state index < -0.39 is 11.7 Å². The number of ether oxygens (including phenoxy) is 2. The molecule has 0 saturated carbocycles. The molecule has 0 radical (unpaired) electrons. The average Bonchev–Trinajstić information content (AvgIpc) is 3.25. The number of imidazole rings is 1. The van der Waals surface area contributed by atoms with E-state index in [2.05, 4.69) is 9.55 Å². The van der Waals surface area contributed by atoms with Gasteiger partial charge in [-0.25, -0.2) is 4.98 Å². The smallest absolute Gasteiger partial charge is 0.253 e. The second-order valence-corrected chi connectivity index (χ2v) is 8.23. The average molecular weight is 405 g/mol. The van der Waals surface area contributed by atoms with Crippen molar-refractivity contribution >= 4 is 11.8 Å². The second kappa shape index (κ2) is 8.44. The number of nitrogens with zero attached hydrogens (tertiary/aromatic N) is 4. The monoisotopic (exact) mass is 404 g/mol. The fraction of sp³-hybridized carbons (Fsp3) is 0.762. The number of likely N-dealkylation sites (N-methyl/N-ethyl adjacent to an activating group) is 1. The van der Waals surface area contributed by atoms with Crippen LogP contribution in [0.4, 0.5) is 0 Å². The van der Waals surface area contributed by atoms with Crippen molar-refractivity contribution in [2.75, 3.05) is 39.4 Å². The third-order valence-electron chi connectivity index (χ3n) is 6.66. The van der Waals surface area contributed by atoms with Gasteiger partial charge >= 0.3 is 0 Å². The molecule has 1 atom stereocenters. The number of piperidine rings is 1. The van der Waals surface area contributed by atoms with Crippen LogP contribution in [0.25, 0.3) is 0 Å². The highest BCUT2D eigenvalue weighted by molar-refractivity contribution is 5.81. The van der Waals surface area contributed by atoms with Crippen LogP contribution in [0.3, 0.4) is 0 Å². The number of rotatable bonds is 4. The van der Waals surface area contributed by atoms with Crippen molar-refractivity contribution in [1.82, 2.24) is 19.4 Å². The first-order valence-corrected chi connectivity index (χ1v) is 10.9. The lowest BCUT2D eigenvalue weighted by Crippen LogP contribution is -2.55. The predicted octanol–water partition coefficient (Wildman–Crippen LogP) is 1.39. The van der Waals surface area contributed by atoms with Crippen LogP contribution < -0.4 is 0 Å². The molecule has 0 unspecified atom stereocenters. The Balaban J connectivity index is 1.48. The van der Waals surface area contributed by atoms with Gasteiger partial charge in [0.05, 0.1) is 6.54 Å². The van der Waals surface area contributed by atoms with Crippen molar-refractivity contribution in [1.29, 1.82) is 0 Å². The summed E-state index contributed by atoms with van der Waals surface area (Å²) in [6.07, 6.45) is 6.16. The SMILES string of the molecule is CCN(CC)C(=O)[C@H]1Cn2ccnc2C2(CCN(C(=O)C3CCOCC3)CC2)O1. The Morgan fingerprint density at radius 1 is 1.21 bits per heavy atom. The summed E-state index contributed by atoms with van der Waals surface area (Å²) < 4.78 is 13.9. The van der Waals surface area contributed by atoms with Crippen LogP contribution in [0.2, 0.25) is 0 Å². The number of amides is 2. The summed E-state index contributed by atoms with van der Waals surface area (Å²) in [7, 11) is 0. The standard InChI is InChI=1S/C21H32N4O4/c1-3-23(4-2)19(27)17-15-25-12-9-22-20(25)21(29-17)7-10-24(11-8-21)18(26)16-5-13-28-14-6-16/h9,12,16-17H,3-8,10-11,13-15H2,1-2H3/t17-/m1/s1. The molecule has 29 heavy (non-hydrogen) atoms. The summed E-state index contributed by atoms with van der Waals surface area (Å²) in [5.41, 5.74) is -0.596. The molecule has 1 aromatic rings. The van der Waals surface area contributed by atoms with Crippen LogP contribution in [0.15, 0.2) is 12.4 Å². The van der Waals surface area contributed by atoms with E-state index >= 15 is 0 Å². The summed E-state index contributed by atoms with van der Waals surface area (Å²) in [6, 6.07) is 0. The summed E-state index contributed by atoms with van der Waals surface area (Å²) >= 11 is 0. The van der Waals surface area contributed by atoms with Crippen LogP contribution in [0.5, 0.6) is 0 Å². The quantitative estimate of drug-likeness (QED) is 0.758. The third kappa shape index (κ3) is 3.80. The third-order valence-corrected chi connectivity index (χ3v) is 6.66. The molecule has 4 heterocycles. The molecule has 2 saturated heterocycles. The van der Waals surface area contributed by atoms with E-state index in [0.717, 1.165) is 18.7 Å². The van der Waals surface area contributed by atoms with E-state index in [1.165, 1.54) is 0 Å². The van der Waals surface area contributed by atoms with Crippen LogP contribution in [0.1, 0.15) is 45.4 Å². The molecular weight excluding hydrogens is 372 g/mol. The molecule has 0 N–H and O–H groups in total. The lowest BCUT2D eigenvalue weighted by atomic mass is 9.87. The molecule has 8 heteroatoms. The highest BCUT2D eigenvalue weighted by atomic mass is 16.5. The molecule has 1 aromatic heterocycles. The summed E-state index contributed by atoms with van der Waals surface area (Å²) in [6.45, 7) is 8.43. The number of fused-ring (bicyclic) bond motifs is 2. The molecule has 4 rings (SSSR count). The van der Waals surface area contributed by atoms with Crippen molar-refractivity contribution in [3.8, 4) is 0 Å². The van der Waals surface area contributed by atoms with E-state index in [1.807, 2.05) is 29.8 Å². The van der Waals surface area contributed by atoms with Crippen LogP contribution in [-0.4, -0.2) is 76.7 Å². The zero-order chi connectivity index (χ0) is 20.4. The highest BCUT2D eigenvalue weighted by Gasteiger charge is 2.48. The van der Waals surface area contributed by atoms with E-state index in [9.17, 15) is 9.59 Å². The van der Waals surface area contributed by atoms with E-state index in [-0.39, 0.29) is 17.7 Å². The maximum Gasteiger partial charge on any atom is 0.253 e. The van der Waals surface area contributed by atoms with Gasteiger partial charge < -0.3 is 23.8 Å². The number of hydrogen-bond donors (Lipinski definition) is 0. The Morgan fingerprint density at radius 2 is 1.90 bits per heavy atom. The minimum atomic E-state index is -0.596. The summed E-state index contributed by atoms with van der Waals surface area (Å²) in [4.78, 5) is 34.3. The summed E-state index contributed by atoms with van der Waals surface area (Å²) in [5, 5.41) is 0. The molecule has 160 valence electrons. The first-order valence-electron chi connectivity index (χ1n) is 10.9. The second-order valence-electron chi connectivity index (χ2n) is 8.23. The number of carbonyl (C=O) groups is 2. The number of hydrogen-bond acceptors (Lipinski definition) is 5. The van der Waals surface area contributed by atoms with Gasteiger partial charge in [0, 0.05) is 70.5 Å². The Labute approximate surface area is 172 Å². The Morgan fingerprint density at radius 3 is 2.55 bits per heavy atom. The van der Waals surface area contributed by atoms with Crippen molar-refractivity contribution in [3.63, 3.8) is 0 Å². The van der Waals surface area contributed by atoms with Gasteiger partial charge in [-0.1, -0.05) is 0 Å². The molecule has 0 bridgehead atoms. The fourth-order valence-corrected chi connectivity index (χ4v) is 4.90. The minimum Gasteiger partial charge on any atom is -0.381 e. The Kier molecular flexibility index (Phi) is 5.92. The molecule has 0 aromatic carbocycles. The molecule has 3 aliphatic heterocycles.